The fourth-order valence-corrected chi connectivity index (χ4v) is 6.03. The molecule has 0 radical (unpaired) electrons. The monoisotopic (exact) mass is 566 g/mol. The molecule has 3 saturated heterocycles. The maximum Gasteiger partial charge on any atom is 0.161 e. The van der Waals surface area contributed by atoms with Crippen molar-refractivity contribution in [2.75, 3.05) is 18.0 Å². The van der Waals surface area contributed by atoms with E-state index in [1.54, 1.807) is 10.9 Å². The van der Waals surface area contributed by atoms with E-state index in [0.717, 1.165) is 65.3 Å². The molecule has 0 amide bonds. The number of piperazine rings is 1. The number of hydrogen-bond acceptors (Lipinski definition) is 8. The zero-order chi connectivity index (χ0) is 28.1. The summed E-state index contributed by atoms with van der Waals surface area (Å²) >= 11 is 6.15. The van der Waals surface area contributed by atoms with Crippen molar-refractivity contribution in [3.63, 3.8) is 0 Å². The van der Waals surface area contributed by atoms with Gasteiger partial charge in [0.25, 0.3) is 0 Å². The molecule has 1 N–H and O–H groups in total. The van der Waals surface area contributed by atoms with Gasteiger partial charge in [0.2, 0.25) is 0 Å². The molecule has 8 heterocycles. The van der Waals surface area contributed by atoms with Gasteiger partial charge in [-0.2, -0.15) is 10.2 Å². The van der Waals surface area contributed by atoms with Gasteiger partial charge in [-0.05, 0) is 63.1 Å². The van der Waals surface area contributed by atoms with Crippen LogP contribution >= 0.6 is 11.6 Å². The van der Waals surface area contributed by atoms with Crippen LogP contribution in [0.15, 0.2) is 55.0 Å². The molecule has 2 atom stereocenters. The lowest BCUT2D eigenvalue weighted by molar-refractivity contribution is -0.00875. The minimum absolute atomic E-state index is 0.510. The Balaban J connectivity index is 0.991. The molecule has 8 rings (SSSR count). The van der Waals surface area contributed by atoms with Crippen LogP contribution in [0.2, 0.25) is 5.02 Å². The molecule has 208 valence electrons. The van der Waals surface area contributed by atoms with E-state index in [9.17, 15) is 0 Å². The van der Waals surface area contributed by atoms with Gasteiger partial charge in [-0.3, -0.25) is 10.00 Å². The minimum atomic E-state index is 0.510. The van der Waals surface area contributed by atoms with Gasteiger partial charge in [0.15, 0.2) is 11.6 Å². The SMILES string of the molecule is Cc1cc(Cc2cc(C)[nH]n2)nc(-c2ccc(N3CC4CC(C3)N4Cc3ccc(-n4ncc(Cl)c4C)nc3)nc2)n1. The Bertz CT molecular complexity index is 1680. The van der Waals surface area contributed by atoms with Crippen molar-refractivity contribution >= 4 is 17.4 Å². The van der Waals surface area contributed by atoms with Gasteiger partial charge in [-0.25, -0.2) is 24.6 Å². The van der Waals surface area contributed by atoms with Gasteiger partial charge in [0.1, 0.15) is 5.82 Å². The van der Waals surface area contributed by atoms with Gasteiger partial charge in [-0.1, -0.05) is 17.7 Å². The highest BCUT2D eigenvalue weighted by atomic mass is 35.5. The molecule has 0 saturated carbocycles. The number of aromatic amines is 1. The summed E-state index contributed by atoms with van der Waals surface area (Å²) in [6.45, 7) is 8.77. The van der Waals surface area contributed by atoms with Gasteiger partial charge < -0.3 is 4.90 Å². The van der Waals surface area contributed by atoms with Crippen LogP contribution < -0.4 is 4.90 Å². The standard InChI is InChI=1S/C30H31ClN10/c1-18-8-23(10-24-9-19(2)37-38-24)36-30(35-18)22-5-7-28(33-13-22)39-16-25-11-26(17-39)40(25)15-21-4-6-29(32-12-21)41-20(3)27(31)14-34-41/h4-9,12-14,25-26H,10-11,15-17H2,1-3H3,(H,37,38). The quantitative estimate of drug-likeness (QED) is 0.307. The number of nitrogens with one attached hydrogen (secondary N) is 1. The molecule has 2 unspecified atom stereocenters. The number of rotatable bonds is 7. The number of fused-ring (bicyclic) bond motifs is 2. The molecule has 0 spiro atoms. The molecule has 41 heavy (non-hydrogen) atoms. The zero-order valence-electron chi connectivity index (χ0n) is 23.3. The third-order valence-electron chi connectivity index (χ3n) is 8.04. The number of hydrogen-bond donors (Lipinski definition) is 1. The summed E-state index contributed by atoms with van der Waals surface area (Å²) in [5.41, 5.74) is 6.92. The van der Waals surface area contributed by atoms with Crippen molar-refractivity contribution in [2.24, 2.45) is 0 Å². The van der Waals surface area contributed by atoms with Crippen molar-refractivity contribution in [3.8, 4) is 17.2 Å². The molecule has 0 aromatic carbocycles. The second-order valence-corrected chi connectivity index (χ2v) is 11.5. The van der Waals surface area contributed by atoms with Crippen LogP contribution in [0.5, 0.6) is 0 Å². The van der Waals surface area contributed by atoms with Gasteiger partial charge >= 0.3 is 0 Å². The van der Waals surface area contributed by atoms with E-state index in [2.05, 4.69) is 53.3 Å². The summed E-state index contributed by atoms with van der Waals surface area (Å²) in [6.07, 6.45) is 7.38. The highest BCUT2D eigenvalue weighted by Crippen LogP contribution is 2.35. The fourth-order valence-electron chi connectivity index (χ4n) is 5.91. The summed E-state index contributed by atoms with van der Waals surface area (Å²) in [4.78, 5) is 23.9. The maximum absolute atomic E-state index is 6.15. The average Bonchev–Trinajstić information content (AvgIpc) is 3.55. The molecule has 5 aromatic heterocycles. The fraction of sp³-hybridized carbons (Fsp3) is 0.333. The van der Waals surface area contributed by atoms with Crippen LogP contribution in [-0.2, 0) is 13.0 Å². The topological polar surface area (TPSA) is 105 Å². The number of aromatic nitrogens is 8. The third-order valence-corrected chi connectivity index (χ3v) is 8.42. The Labute approximate surface area is 243 Å². The predicted molar refractivity (Wildman–Crippen MR) is 157 cm³/mol. The molecule has 2 bridgehead atoms. The summed E-state index contributed by atoms with van der Waals surface area (Å²) in [7, 11) is 0. The molecule has 3 fully saturated rings. The van der Waals surface area contributed by atoms with Crippen molar-refractivity contribution in [2.45, 2.75) is 52.2 Å². The largest absolute Gasteiger partial charge is 0.353 e. The molecular formula is C30H31ClN10. The molecule has 0 aliphatic carbocycles. The first-order chi connectivity index (χ1) is 19.9. The number of halogens is 1. The molecular weight excluding hydrogens is 536 g/mol. The van der Waals surface area contributed by atoms with Crippen LogP contribution in [0.1, 0.15) is 40.5 Å². The maximum atomic E-state index is 6.15. The summed E-state index contributed by atoms with van der Waals surface area (Å²) in [5, 5.41) is 12.3. The Hall–Kier alpha value is -4.15. The van der Waals surface area contributed by atoms with E-state index in [1.165, 1.54) is 12.0 Å². The lowest BCUT2D eigenvalue weighted by atomic mass is 9.87. The second-order valence-electron chi connectivity index (χ2n) is 11.1. The van der Waals surface area contributed by atoms with Crippen molar-refractivity contribution in [1.82, 2.24) is 44.8 Å². The minimum Gasteiger partial charge on any atom is -0.353 e. The highest BCUT2D eigenvalue weighted by Gasteiger charge is 2.44. The second kappa shape index (κ2) is 10.4. The van der Waals surface area contributed by atoms with Gasteiger partial charge in [0.05, 0.1) is 28.3 Å². The van der Waals surface area contributed by atoms with E-state index in [-0.39, 0.29) is 0 Å². The molecule has 11 heteroatoms. The Morgan fingerprint density at radius 1 is 0.902 bits per heavy atom. The number of pyridine rings is 2. The first-order valence-corrected chi connectivity index (χ1v) is 14.3. The lowest BCUT2D eigenvalue weighted by Crippen LogP contribution is -2.68. The number of piperidine rings is 1. The van der Waals surface area contributed by atoms with E-state index < -0.39 is 0 Å². The highest BCUT2D eigenvalue weighted by molar-refractivity contribution is 6.31. The molecule has 10 nitrogen and oxygen atoms in total. The summed E-state index contributed by atoms with van der Waals surface area (Å²) in [5.74, 6) is 2.48. The zero-order valence-corrected chi connectivity index (χ0v) is 24.0. The van der Waals surface area contributed by atoms with Crippen molar-refractivity contribution in [1.29, 1.82) is 0 Å². The van der Waals surface area contributed by atoms with Crippen molar-refractivity contribution < 1.29 is 0 Å². The van der Waals surface area contributed by atoms with Gasteiger partial charge in [-0.15, -0.1) is 0 Å². The van der Waals surface area contributed by atoms with E-state index >= 15 is 0 Å². The van der Waals surface area contributed by atoms with Crippen LogP contribution in [-0.4, -0.2) is 70.0 Å². The van der Waals surface area contributed by atoms with Gasteiger partial charge in [0, 0.05) is 67.5 Å². The van der Waals surface area contributed by atoms with Crippen LogP contribution in [0.25, 0.3) is 17.2 Å². The van der Waals surface area contributed by atoms with Crippen LogP contribution in [0, 0.1) is 20.8 Å². The first kappa shape index (κ1) is 25.8. The molecule has 3 aliphatic heterocycles. The van der Waals surface area contributed by atoms with E-state index in [1.807, 2.05) is 51.4 Å². The number of nitrogens with zero attached hydrogens (tertiary/aromatic N) is 9. The van der Waals surface area contributed by atoms with Crippen molar-refractivity contribution in [3.05, 3.63) is 94.0 Å². The lowest BCUT2D eigenvalue weighted by Gasteiger charge is -2.56. The Morgan fingerprint density at radius 3 is 2.37 bits per heavy atom. The Kier molecular flexibility index (Phi) is 6.51. The number of aryl methyl sites for hydroxylation is 2. The summed E-state index contributed by atoms with van der Waals surface area (Å²) in [6, 6.07) is 13.4. The third kappa shape index (κ3) is 5.09. The summed E-state index contributed by atoms with van der Waals surface area (Å²) < 4.78 is 1.77. The number of anilines is 1. The average molecular weight is 567 g/mol. The smallest absolute Gasteiger partial charge is 0.161 e. The first-order valence-electron chi connectivity index (χ1n) is 13.9. The molecule has 5 aromatic rings. The van der Waals surface area contributed by atoms with E-state index in [4.69, 9.17) is 21.6 Å². The Morgan fingerprint density at radius 2 is 1.71 bits per heavy atom. The molecule has 3 aliphatic rings. The van der Waals surface area contributed by atoms with E-state index in [0.29, 0.717) is 29.4 Å². The predicted octanol–water partition coefficient (Wildman–Crippen LogP) is 4.47. The van der Waals surface area contributed by atoms with Crippen LogP contribution in [0.3, 0.4) is 0 Å². The normalized spacial score (nSPS) is 18.5. The number of H-pyrrole nitrogens is 1. The van der Waals surface area contributed by atoms with Crippen LogP contribution in [0.4, 0.5) is 5.82 Å².